The number of carbonyl (C=O) groups excluding carboxylic acids is 1. The Kier molecular flexibility index (Phi) is 3.84. The van der Waals surface area contributed by atoms with Gasteiger partial charge < -0.3 is 15.0 Å². The first-order valence-corrected chi connectivity index (χ1v) is 7.52. The van der Waals surface area contributed by atoms with E-state index in [1.165, 1.54) is 11.8 Å². The van der Waals surface area contributed by atoms with Gasteiger partial charge >= 0.3 is 5.97 Å². The highest BCUT2D eigenvalue weighted by Gasteiger charge is 2.48. The van der Waals surface area contributed by atoms with Crippen LogP contribution in [0.25, 0.3) is 0 Å². The maximum Gasteiger partial charge on any atom is 0.307 e. The van der Waals surface area contributed by atoms with E-state index in [0.717, 1.165) is 10.1 Å². The number of aliphatic carboxylic acids is 1. The third-order valence-corrected chi connectivity index (χ3v) is 4.51. The first-order valence-electron chi connectivity index (χ1n) is 6.70. The van der Waals surface area contributed by atoms with Gasteiger partial charge in [-0.25, -0.2) is 0 Å². The zero-order valence-corrected chi connectivity index (χ0v) is 12.6. The Morgan fingerprint density at radius 3 is 2.59 bits per heavy atom. The van der Waals surface area contributed by atoms with Crippen molar-refractivity contribution in [1.29, 1.82) is 0 Å². The van der Waals surface area contributed by atoms with Gasteiger partial charge in [0.15, 0.2) is 5.16 Å². The molecule has 0 aliphatic heterocycles. The van der Waals surface area contributed by atoms with Crippen LogP contribution in [0.4, 0.5) is 5.69 Å². The molecule has 2 atom stereocenters. The van der Waals surface area contributed by atoms with E-state index in [1.54, 1.807) is 18.5 Å². The van der Waals surface area contributed by atoms with Gasteiger partial charge in [0, 0.05) is 17.6 Å². The highest BCUT2D eigenvalue weighted by Crippen LogP contribution is 2.39. The average molecular weight is 318 g/mol. The fourth-order valence-electron chi connectivity index (χ4n) is 2.07. The summed E-state index contributed by atoms with van der Waals surface area (Å²) < 4.78 is 1.82. The number of rotatable bonds is 5. The molecule has 7 nitrogen and oxygen atoms in total. The summed E-state index contributed by atoms with van der Waals surface area (Å²) in [5, 5.41) is 20.1. The molecule has 1 amide bonds. The van der Waals surface area contributed by atoms with Crippen LogP contribution in [-0.2, 0) is 16.6 Å². The van der Waals surface area contributed by atoms with Crippen LogP contribution in [-0.4, -0.2) is 31.7 Å². The van der Waals surface area contributed by atoms with Crippen molar-refractivity contribution >= 4 is 29.3 Å². The van der Waals surface area contributed by atoms with Crippen LogP contribution in [0.1, 0.15) is 6.42 Å². The van der Waals surface area contributed by atoms with E-state index in [1.807, 2.05) is 23.7 Å². The maximum atomic E-state index is 11.9. The summed E-state index contributed by atoms with van der Waals surface area (Å²) in [6, 6.07) is 7.32. The molecule has 1 aliphatic rings. The standard InChI is InChI=1S/C14H14N4O3S/c1-18-7-15-17-14(18)22-9-4-2-8(3-5-9)16-12(19)10-6-11(10)13(20)21/h2-5,7,10-11H,6H2,1H3,(H,16,19)(H,20,21). The molecular formula is C14H14N4O3S. The third kappa shape index (κ3) is 3.11. The number of nitrogens with one attached hydrogen (secondary N) is 1. The maximum absolute atomic E-state index is 11.9. The van der Waals surface area contributed by atoms with Crippen molar-refractivity contribution in [2.24, 2.45) is 18.9 Å². The summed E-state index contributed by atoms with van der Waals surface area (Å²) in [4.78, 5) is 23.6. The fourth-order valence-corrected chi connectivity index (χ4v) is 2.83. The predicted molar refractivity (Wildman–Crippen MR) is 79.4 cm³/mol. The summed E-state index contributed by atoms with van der Waals surface area (Å²) in [5.74, 6) is -2.09. The van der Waals surface area contributed by atoms with Crippen molar-refractivity contribution in [1.82, 2.24) is 14.8 Å². The van der Waals surface area contributed by atoms with E-state index in [2.05, 4.69) is 15.5 Å². The molecule has 114 valence electrons. The topological polar surface area (TPSA) is 97.1 Å². The number of carbonyl (C=O) groups is 2. The molecular weight excluding hydrogens is 304 g/mol. The van der Waals surface area contributed by atoms with Crippen LogP contribution < -0.4 is 5.32 Å². The molecule has 1 saturated carbocycles. The number of carboxylic acid groups (broad SMARTS) is 1. The summed E-state index contributed by atoms with van der Waals surface area (Å²) in [6.07, 6.45) is 2.05. The Balaban J connectivity index is 1.59. The van der Waals surface area contributed by atoms with Gasteiger partial charge in [-0.2, -0.15) is 0 Å². The van der Waals surface area contributed by atoms with Crippen molar-refractivity contribution < 1.29 is 14.7 Å². The van der Waals surface area contributed by atoms with Gasteiger partial charge in [0.1, 0.15) is 6.33 Å². The van der Waals surface area contributed by atoms with Gasteiger partial charge in [-0.1, -0.05) is 0 Å². The van der Waals surface area contributed by atoms with Crippen LogP contribution in [0.2, 0.25) is 0 Å². The molecule has 0 saturated heterocycles. The van der Waals surface area contributed by atoms with Crippen molar-refractivity contribution in [2.45, 2.75) is 16.5 Å². The van der Waals surface area contributed by atoms with Gasteiger partial charge in [-0.05, 0) is 42.4 Å². The lowest BCUT2D eigenvalue weighted by Gasteiger charge is -2.06. The van der Waals surface area contributed by atoms with E-state index in [-0.39, 0.29) is 5.91 Å². The molecule has 22 heavy (non-hydrogen) atoms. The minimum absolute atomic E-state index is 0.235. The highest BCUT2D eigenvalue weighted by atomic mass is 32.2. The fraction of sp³-hybridized carbons (Fsp3) is 0.286. The second-order valence-electron chi connectivity index (χ2n) is 5.13. The SMILES string of the molecule is Cn1cnnc1Sc1ccc(NC(=O)C2CC2C(=O)O)cc1. The van der Waals surface area contributed by atoms with Gasteiger partial charge in [-0.3, -0.25) is 9.59 Å². The molecule has 1 aromatic carbocycles. The van der Waals surface area contributed by atoms with Crippen LogP contribution in [0.5, 0.6) is 0 Å². The Labute approximate surface area is 130 Å². The van der Waals surface area contributed by atoms with Gasteiger partial charge in [0.2, 0.25) is 5.91 Å². The minimum Gasteiger partial charge on any atom is -0.481 e. The summed E-state index contributed by atoms with van der Waals surface area (Å²) in [7, 11) is 1.87. The Morgan fingerprint density at radius 1 is 1.32 bits per heavy atom. The summed E-state index contributed by atoms with van der Waals surface area (Å²) in [5.41, 5.74) is 0.656. The molecule has 3 rings (SSSR count). The number of amides is 1. The monoisotopic (exact) mass is 318 g/mol. The average Bonchev–Trinajstić information content (AvgIpc) is 3.20. The Morgan fingerprint density at radius 2 is 2.05 bits per heavy atom. The molecule has 1 aliphatic carbocycles. The molecule has 8 heteroatoms. The third-order valence-electron chi connectivity index (χ3n) is 3.45. The van der Waals surface area contributed by atoms with Crippen molar-refractivity contribution in [3.63, 3.8) is 0 Å². The first-order chi connectivity index (χ1) is 10.5. The van der Waals surface area contributed by atoms with Crippen LogP contribution in [0.3, 0.4) is 0 Å². The molecule has 2 aromatic rings. The van der Waals surface area contributed by atoms with E-state index >= 15 is 0 Å². The number of nitrogens with zero attached hydrogens (tertiary/aromatic N) is 3. The predicted octanol–water partition coefficient (Wildman–Crippen LogP) is 1.63. The quantitative estimate of drug-likeness (QED) is 0.869. The van der Waals surface area contributed by atoms with E-state index in [0.29, 0.717) is 12.1 Å². The zero-order chi connectivity index (χ0) is 15.7. The second-order valence-corrected chi connectivity index (χ2v) is 6.17. The lowest BCUT2D eigenvalue weighted by molar-refractivity contribution is -0.139. The summed E-state index contributed by atoms with van der Waals surface area (Å²) >= 11 is 1.47. The van der Waals surface area contributed by atoms with Crippen LogP contribution >= 0.6 is 11.8 Å². The van der Waals surface area contributed by atoms with Crippen LogP contribution in [0.15, 0.2) is 40.6 Å². The number of aryl methyl sites for hydroxylation is 1. The molecule has 2 N–H and O–H groups in total. The van der Waals surface area contributed by atoms with E-state index < -0.39 is 17.8 Å². The molecule has 0 radical (unpaired) electrons. The smallest absolute Gasteiger partial charge is 0.307 e. The summed E-state index contributed by atoms with van der Waals surface area (Å²) in [6.45, 7) is 0. The Bertz CT molecular complexity index is 713. The largest absolute Gasteiger partial charge is 0.481 e. The number of hydrogen-bond donors (Lipinski definition) is 2. The highest BCUT2D eigenvalue weighted by molar-refractivity contribution is 7.99. The number of hydrogen-bond acceptors (Lipinski definition) is 5. The minimum atomic E-state index is -0.907. The lowest BCUT2D eigenvalue weighted by atomic mass is 10.2. The van der Waals surface area contributed by atoms with Gasteiger partial charge in [0.25, 0.3) is 0 Å². The molecule has 0 bridgehead atoms. The second kappa shape index (κ2) is 5.80. The van der Waals surface area contributed by atoms with Gasteiger partial charge in [-0.15, -0.1) is 10.2 Å². The molecule has 2 unspecified atom stereocenters. The van der Waals surface area contributed by atoms with E-state index in [9.17, 15) is 9.59 Å². The Hall–Kier alpha value is -2.35. The van der Waals surface area contributed by atoms with Crippen molar-refractivity contribution in [3.8, 4) is 0 Å². The number of aromatic nitrogens is 3. The zero-order valence-electron chi connectivity index (χ0n) is 11.8. The lowest BCUT2D eigenvalue weighted by Crippen LogP contribution is -2.16. The first kappa shape index (κ1) is 14.6. The normalized spacial score (nSPS) is 19.7. The molecule has 1 fully saturated rings. The van der Waals surface area contributed by atoms with Gasteiger partial charge in [0.05, 0.1) is 11.8 Å². The molecule has 1 heterocycles. The molecule has 1 aromatic heterocycles. The number of carboxylic acids is 1. The van der Waals surface area contributed by atoms with Crippen molar-refractivity contribution in [2.75, 3.05) is 5.32 Å². The number of benzene rings is 1. The van der Waals surface area contributed by atoms with E-state index in [4.69, 9.17) is 5.11 Å². The number of anilines is 1. The van der Waals surface area contributed by atoms with Crippen LogP contribution in [0, 0.1) is 11.8 Å². The van der Waals surface area contributed by atoms with Crippen molar-refractivity contribution in [3.05, 3.63) is 30.6 Å². The molecule has 0 spiro atoms.